The van der Waals surface area contributed by atoms with Gasteiger partial charge in [0, 0.05) is 13.1 Å². The van der Waals surface area contributed by atoms with Gasteiger partial charge in [-0.25, -0.2) is 0 Å². The lowest BCUT2D eigenvalue weighted by Crippen LogP contribution is -2.39. The van der Waals surface area contributed by atoms with E-state index in [1.807, 2.05) is 0 Å². The van der Waals surface area contributed by atoms with E-state index >= 15 is 0 Å². The van der Waals surface area contributed by atoms with Crippen LogP contribution >= 0.6 is 0 Å². The smallest absolute Gasteiger partial charge is 0.0911 e. The van der Waals surface area contributed by atoms with Crippen LogP contribution in [-0.2, 0) is 4.74 Å². The van der Waals surface area contributed by atoms with E-state index in [4.69, 9.17) is 10.5 Å². The van der Waals surface area contributed by atoms with E-state index < -0.39 is 6.10 Å². The maximum atomic E-state index is 10.1. The average Bonchev–Trinajstić information content (AvgIpc) is 2.50. The Bertz CT molecular complexity index is 335. The van der Waals surface area contributed by atoms with E-state index in [0.29, 0.717) is 13.2 Å². The van der Waals surface area contributed by atoms with Crippen molar-refractivity contribution in [3.8, 4) is 0 Å². The van der Waals surface area contributed by atoms with Gasteiger partial charge in [-0.05, 0) is 44.3 Å². The Kier molecular flexibility index (Phi) is 6.73. The molecular formula is C16H28N2O2. The molecule has 1 heterocycles. The van der Waals surface area contributed by atoms with Crippen LogP contribution in [0.5, 0.6) is 0 Å². The van der Waals surface area contributed by atoms with Crippen LogP contribution in [0.3, 0.4) is 0 Å². The van der Waals surface area contributed by atoms with Crippen molar-refractivity contribution in [2.75, 3.05) is 32.8 Å². The summed E-state index contributed by atoms with van der Waals surface area (Å²) in [6.45, 7) is 3.78. The molecule has 0 spiro atoms. The summed E-state index contributed by atoms with van der Waals surface area (Å²) in [5.74, 6) is 0. The van der Waals surface area contributed by atoms with Crippen molar-refractivity contribution in [1.29, 1.82) is 0 Å². The van der Waals surface area contributed by atoms with Gasteiger partial charge in [-0.3, -0.25) is 0 Å². The Balaban J connectivity index is 1.71. The summed E-state index contributed by atoms with van der Waals surface area (Å²) in [4.78, 5) is 2.33. The molecule has 1 aliphatic carbocycles. The van der Waals surface area contributed by atoms with Crippen LogP contribution in [0.4, 0.5) is 0 Å². The molecule has 3 N–H and O–H groups in total. The van der Waals surface area contributed by atoms with Gasteiger partial charge in [0.1, 0.15) is 0 Å². The van der Waals surface area contributed by atoms with E-state index in [-0.39, 0.29) is 6.10 Å². The zero-order chi connectivity index (χ0) is 14.2. The SMILES string of the molecule is NC[C@H](OCC(O)CN1CCCCC1)C1=CC=CCC1. The summed E-state index contributed by atoms with van der Waals surface area (Å²) in [6.07, 6.45) is 11.7. The third-order valence-corrected chi connectivity index (χ3v) is 4.08. The van der Waals surface area contributed by atoms with Crippen LogP contribution in [0, 0.1) is 0 Å². The molecular weight excluding hydrogens is 252 g/mol. The van der Waals surface area contributed by atoms with Crippen molar-refractivity contribution in [3.05, 3.63) is 23.8 Å². The fourth-order valence-electron chi connectivity index (χ4n) is 2.94. The van der Waals surface area contributed by atoms with Crippen LogP contribution in [0.15, 0.2) is 23.8 Å². The molecule has 0 aromatic carbocycles. The van der Waals surface area contributed by atoms with Gasteiger partial charge >= 0.3 is 0 Å². The summed E-state index contributed by atoms with van der Waals surface area (Å²) in [5, 5.41) is 10.1. The number of hydrogen-bond donors (Lipinski definition) is 2. The number of likely N-dealkylation sites (tertiary alicyclic amines) is 1. The molecule has 114 valence electrons. The van der Waals surface area contributed by atoms with Crippen LogP contribution in [0.1, 0.15) is 32.1 Å². The number of allylic oxidation sites excluding steroid dienone is 3. The first-order valence-corrected chi connectivity index (χ1v) is 7.87. The van der Waals surface area contributed by atoms with Gasteiger partial charge < -0.3 is 20.5 Å². The molecule has 1 saturated heterocycles. The number of rotatable bonds is 7. The predicted octanol–water partition coefficient (Wildman–Crippen LogP) is 1.45. The lowest BCUT2D eigenvalue weighted by molar-refractivity contribution is -0.00889. The normalized spacial score (nSPS) is 23.4. The summed E-state index contributed by atoms with van der Waals surface area (Å²) in [5.41, 5.74) is 7.04. The van der Waals surface area contributed by atoms with E-state index in [1.165, 1.54) is 24.8 Å². The topological polar surface area (TPSA) is 58.7 Å². The highest BCUT2D eigenvalue weighted by Gasteiger charge is 2.18. The van der Waals surface area contributed by atoms with Crippen molar-refractivity contribution >= 4 is 0 Å². The van der Waals surface area contributed by atoms with Crippen LogP contribution in [0.2, 0.25) is 0 Å². The second-order valence-electron chi connectivity index (χ2n) is 5.78. The van der Waals surface area contributed by atoms with Crippen LogP contribution < -0.4 is 5.73 Å². The highest BCUT2D eigenvalue weighted by Crippen LogP contribution is 2.18. The monoisotopic (exact) mass is 280 g/mol. The maximum Gasteiger partial charge on any atom is 0.0911 e. The Hall–Kier alpha value is -0.680. The van der Waals surface area contributed by atoms with Crippen LogP contribution in [-0.4, -0.2) is 55.0 Å². The van der Waals surface area contributed by atoms with Gasteiger partial charge in [-0.15, -0.1) is 0 Å². The Morgan fingerprint density at radius 2 is 2.10 bits per heavy atom. The predicted molar refractivity (Wildman–Crippen MR) is 81.5 cm³/mol. The second kappa shape index (κ2) is 8.57. The van der Waals surface area contributed by atoms with Crippen molar-refractivity contribution in [3.63, 3.8) is 0 Å². The highest BCUT2D eigenvalue weighted by atomic mass is 16.5. The van der Waals surface area contributed by atoms with Gasteiger partial charge in [-0.2, -0.15) is 0 Å². The van der Waals surface area contributed by atoms with Gasteiger partial charge in [0.15, 0.2) is 0 Å². The third-order valence-electron chi connectivity index (χ3n) is 4.08. The summed E-state index contributed by atoms with van der Waals surface area (Å²) < 4.78 is 5.83. The van der Waals surface area contributed by atoms with Crippen molar-refractivity contribution in [1.82, 2.24) is 4.90 Å². The number of nitrogens with zero attached hydrogens (tertiary/aromatic N) is 1. The zero-order valence-corrected chi connectivity index (χ0v) is 12.3. The number of hydrogen-bond acceptors (Lipinski definition) is 4. The minimum absolute atomic E-state index is 0.0454. The Labute approximate surface area is 122 Å². The molecule has 0 amide bonds. The summed E-state index contributed by atoms with van der Waals surface area (Å²) in [6, 6.07) is 0. The summed E-state index contributed by atoms with van der Waals surface area (Å²) >= 11 is 0. The molecule has 0 saturated carbocycles. The molecule has 4 heteroatoms. The average molecular weight is 280 g/mol. The number of β-amino-alcohol motifs (C(OH)–C–C–N with tert-alkyl or cyclic N) is 1. The summed E-state index contributed by atoms with van der Waals surface area (Å²) in [7, 11) is 0. The first kappa shape index (κ1) is 15.7. The van der Waals surface area contributed by atoms with Crippen molar-refractivity contribution < 1.29 is 9.84 Å². The third kappa shape index (κ3) is 5.02. The maximum absolute atomic E-state index is 10.1. The molecule has 2 atom stereocenters. The molecule has 1 fully saturated rings. The van der Waals surface area contributed by atoms with E-state index in [2.05, 4.69) is 23.1 Å². The second-order valence-corrected chi connectivity index (χ2v) is 5.78. The molecule has 20 heavy (non-hydrogen) atoms. The number of piperidine rings is 1. The fraction of sp³-hybridized carbons (Fsp3) is 0.750. The first-order valence-electron chi connectivity index (χ1n) is 7.87. The first-order chi connectivity index (χ1) is 9.79. The fourth-order valence-corrected chi connectivity index (χ4v) is 2.94. The number of aliphatic hydroxyl groups is 1. The minimum Gasteiger partial charge on any atom is -0.389 e. The minimum atomic E-state index is -0.415. The van der Waals surface area contributed by atoms with Gasteiger partial charge in [0.05, 0.1) is 18.8 Å². The Morgan fingerprint density at radius 3 is 2.75 bits per heavy atom. The molecule has 0 bridgehead atoms. The molecule has 0 aromatic rings. The molecule has 0 aromatic heterocycles. The van der Waals surface area contributed by atoms with Gasteiger partial charge in [0.2, 0.25) is 0 Å². The number of nitrogens with two attached hydrogens (primary N) is 1. The van der Waals surface area contributed by atoms with Gasteiger partial charge in [0.25, 0.3) is 0 Å². The standard InChI is InChI=1S/C16H28N2O2/c17-11-16(14-7-3-1-4-8-14)20-13-15(19)12-18-9-5-2-6-10-18/h1,3,7,15-16,19H,2,4-6,8-13,17H2/t15?,16-/m0/s1. The largest absolute Gasteiger partial charge is 0.389 e. The molecule has 2 aliphatic rings. The van der Waals surface area contributed by atoms with Crippen molar-refractivity contribution in [2.24, 2.45) is 5.73 Å². The van der Waals surface area contributed by atoms with E-state index in [9.17, 15) is 5.11 Å². The molecule has 1 aliphatic heterocycles. The molecule has 4 nitrogen and oxygen atoms in total. The van der Waals surface area contributed by atoms with Crippen molar-refractivity contribution in [2.45, 2.75) is 44.3 Å². The van der Waals surface area contributed by atoms with E-state index in [0.717, 1.165) is 32.5 Å². The zero-order valence-electron chi connectivity index (χ0n) is 12.3. The van der Waals surface area contributed by atoms with Gasteiger partial charge in [-0.1, -0.05) is 24.6 Å². The molecule has 0 radical (unpaired) electrons. The lowest BCUT2D eigenvalue weighted by atomic mass is 10.00. The van der Waals surface area contributed by atoms with Crippen LogP contribution in [0.25, 0.3) is 0 Å². The lowest BCUT2D eigenvalue weighted by Gasteiger charge is -2.29. The molecule has 2 rings (SSSR count). The Morgan fingerprint density at radius 1 is 1.30 bits per heavy atom. The highest BCUT2D eigenvalue weighted by molar-refractivity contribution is 5.21. The number of ether oxygens (including phenoxy) is 1. The number of aliphatic hydroxyl groups excluding tert-OH is 1. The van der Waals surface area contributed by atoms with E-state index in [1.54, 1.807) is 0 Å². The molecule has 1 unspecified atom stereocenters. The quantitative estimate of drug-likeness (QED) is 0.741.